The van der Waals surface area contributed by atoms with Crippen molar-refractivity contribution in [3.63, 3.8) is 0 Å². The molecule has 0 aromatic heterocycles. The van der Waals surface area contributed by atoms with Crippen LogP contribution in [-0.2, 0) is 29.2 Å². The zero-order valence-electron chi connectivity index (χ0n) is 25.6. The summed E-state index contributed by atoms with van der Waals surface area (Å²) in [6, 6.07) is 16.4. The Hall–Kier alpha value is -3.48. The van der Waals surface area contributed by atoms with Crippen LogP contribution in [0.4, 0.5) is 0 Å². The van der Waals surface area contributed by atoms with Gasteiger partial charge >= 0.3 is 17.9 Å². The number of carboxylic acids is 1. The maximum Gasteiger partial charge on any atom is 0.335 e. The molecule has 0 saturated heterocycles. The van der Waals surface area contributed by atoms with Gasteiger partial charge in [0.1, 0.15) is 42.8 Å². The molecule has 49 heavy (non-hydrogen) atoms. The van der Waals surface area contributed by atoms with Gasteiger partial charge in [0.15, 0.2) is 0 Å². The normalized spacial score (nSPS) is 23.2. The van der Waals surface area contributed by atoms with Crippen molar-refractivity contribution in [1.82, 2.24) is 0 Å². The summed E-state index contributed by atoms with van der Waals surface area (Å²) in [5.74, 6) is -3.69. The smallest absolute Gasteiger partial charge is 0.335 e. The van der Waals surface area contributed by atoms with E-state index in [4.69, 9.17) is 18.9 Å². The molecule has 6 unspecified atom stereocenters. The number of aromatic carboxylic acids is 1. The largest absolute Gasteiger partial charge is 0.490 e. The molecule has 256 valence electrons. The minimum absolute atomic E-state index is 0.0198. The van der Waals surface area contributed by atoms with Crippen LogP contribution in [0.3, 0.4) is 0 Å². The van der Waals surface area contributed by atoms with Crippen molar-refractivity contribution >= 4 is 73.2 Å². The van der Waals surface area contributed by atoms with Crippen LogP contribution in [0.1, 0.15) is 33.3 Å². The molecule has 7 rings (SSSR count). The molecular formula is C35H30I2O11S. The minimum Gasteiger partial charge on any atom is -0.490 e. The van der Waals surface area contributed by atoms with Crippen LogP contribution in [-0.4, -0.2) is 62.4 Å². The van der Waals surface area contributed by atoms with Crippen molar-refractivity contribution in [2.75, 3.05) is 26.4 Å². The summed E-state index contributed by atoms with van der Waals surface area (Å²) in [5.41, 5.74) is 2.15. The maximum atomic E-state index is 13.9. The lowest BCUT2D eigenvalue weighted by molar-refractivity contribution is -0.169. The van der Waals surface area contributed by atoms with Gasteiger partial charge in [0.2, 0.25) is 0 Å². The van der Waals surface area contributed by atoms with E-state index in [0.29, 0.717) is 15.1 Å². The van der Waals surface area contributed by atoms with E-state index in [0.717, 1.165) is 11.1 Å². The van der Waals surface area contributed by atoms with Crippen molar-refractivity contribution in [3.05, 3.63) is 109 Å². The summed E-state index contributed by atoms with van der Waals surface area (Å²) in [4.78, 5) is 38.9. The van der Waals surface area contributed by atoms with Gasteiger partial charge in [0, 0.05) is 15.4 Å². The Balaban J connectivity index is 1.17. The average Bonchev–Trinajstić information content (AvgIpc) is 3.08. The Morgan fingerprint density at radius 3 is 1.80 bits per heavy atom. The van der Waals surface area contributed by atoms with Gasteiger partial charge in [0.25, 0.3) is 10.1 Å². The van der Waals surface area contributed by atoms with Crippen LogP contribution < -0.4 is 9.47 Å². The zero-order valence-corrected chi connectivity index (χ0v) is 30.7. The molecule has 3 aromatic carbocycles. The Labute approximate surface area is 309 Å². The van der Waals surface area contributed by atoms with E-state index >= 15 is 0 Å². The number of benzene rings is 3. The summed E-state index contributed by atoms with van der Waals surface area (Å²) in [6.07, 6.45) is 8.11. The number of ether oxygens (including phenoxy) is 4. The molecule has 2 N–H and O–H groups in total. The Bertz CT molecular complexity index is 1960. The molecule has 4 aliphatic rings. The first-order valence-electron chi connectivity index (χ1n) is 15.3. The summed E-state index contributed by atoms with van der Waals surface area (Å²) in [5, 5.41) is 9.21. The van der Waals surface area contributed by atoms with Crippen LogP contribution >= 0.6 is 45.2 Å². The molecule has 1 fully saturated rings. The standard InChI is InChI=1S/C35H30I2O11S/c36-25-17-19(33(38)39)9-11-27(25)46-14-16-48-35(41)32-30-23-7-3-1-5-21(23)29(22-6-2-4-8-24(22)30)31(32)34(40)47-15-13-45-20-10-12-28(26(37)18-20)49(42,43)44/h1-12,17-18,21,23,29-32H,13-16H2,(H,38,39)(H,42,43,44). The maximum absolute atomic E-state index is 13.9. The predicted molar refractivity (Wildman–Crippen MR) is 192 cm³/mol. The number of halogens is 2. The number of esters is 2. The third-order valence-corrected chi connectivity index (χ3v) is 12.0. The van der Waals surface area contributed by atoms with Crippen LogP contribution in [0.25, 0.3) is 0 Å². The van der Waals surface area contributed by atoms with Gasteiger partial charge in [-0.15, -0.1) is 0 Å². The lowest BCUT2D eigenvalue weighted by atomic mass is 9.48. The summed E-state index contributed by atoms with van der Waals surface area (Å²) >= 11 is 3.76. The second-order valence-electron chi connectivity index (χ2n) is 11.7. The fraction of sp³-hybridized carbons (Fsp3) is 0.286. The first-order chi connectivity index (χ1) is 23.5. The van der Waals surface area contributed by atoms with Crippen LogP contribution in [0.5, 0.6) is 11.5 Å². The van der Waals surface area contributed by atoms with E-state index in [-0.39, 0.29) is 64.1 Å². The van der Waals surface area contributed by atoms with Gasteiger partial charge < -0.3 is 24.1 Å². The second kappa shape index (κ2) is 14.8. The quantitative estimate of drug-likeness (QED) is 0.0968. The highest BCUT2D eigenvalue weighted by atomic mass is 127. The summed E-state index contributed by atoms with van der Waals surface area (Å²) in [7, 11) is -4.38. The number of carbonyl (C=O) groups excluding carboxylic acids is 2. The van der Waals surface area contributed by atoms with Crippen LogP contribution in [0, 0.1) is 30.8 Å². The number of allylic oxidation sites excluding steroid dienone is 4. The molecule has 1 saturated carbocycles. The molecule has 0 amide bonds. The number of hydrogen-bond acceptors (Lipinski definition) is 9. The molecule has 0 radical (unpaired) electrons. The Kier molecular flexibility index (Phi) is 10.7. The average molecular weight is 912 g/mol. The van der Waals surface area contributed by atoms with Gasteiger partial charge in [-0.25, -0.2) is 4.79 Å². The van der Waals surface area contributed by atoms with Crippen molar-refractivity contribution in [1.29, 1.82) is 0 Å². The topological polar surface area (TPSA) is 163 Å². The molecule has 14 heteroatoms. The Morgan fingerprint density at radius 2 is 1.29 bits per heavy atom. The first kappa shape index (κ1) is 35.3. The van der Waals surface area contributed by atoms with Gasteiger partial charge in [-0.2, -0.15) is 8.42 Å². The van der Waals surface area contributed by atoms with E-state index < -0.39 is 39.9 Å². The van der Waals surface area contributed by atoms with Crippen molar-refractivity contribution in [2.45, 2.75) is 16.7 Å². The molecule has 0 heterocycles. The highest BCUT2D eigenvalue weighted by Crippen LogP contribution is 2.62. The molecule has 3 aromatic rings. The van der Waals surface area contributed by atoms with E-state index in [9.17, 15) is 32.5 Å². The van der Waals surface area contributed by atoms with Gasteiger partial charge in [0.05, 0.1) is 21.0 Å². The fourth-order valence-corrected chi connectivity index (χ4v) is 9.65. The van der Waals surface area contributed by atoms with Gasteiger partial charge in [-0.05, 0) is 105 Å². The lowest BCUT2D eigenvalue weighted by Crippen LogP contribution is -2.54. The van der Waals surface area contributed by atoms with Crippen molar-refractivity contribution < 1.29 is 51.4 Å². The third kappa shape index (κ3) is 7.37. The number of rotatable bonds is 12. The highest BCUT2D eigenvalue weighted by Gasteiger charge is 2.60. The van der Waals surface area contributed by atoms with Crippen molar-refractivity contribution in [3.8, 4) is 11.5 Å². The lowest BCUT2D eigenvalue weighted by Gasteiger charge is -2.54. The number of carbonyl (C=O) groups is 3. The molecule has 0 aliphatic heterocycles. The number of carboxylic acid groups (broad SMARTS) is 1. The highest BCUT2D eigenvalue weighted by molar-refractivity contribution is 14.1. The van der Waals surface area contributed by atoms with E-state index in [1.54, 1.807) is 28.7 Å². The summed E-state index contributed by atoms with van der Waals surface area (Å²) in [6.45, 7) is -0.210. The van der Waals surface area contributed by atoms with Gasteiger partial charge in [-0.3, -0.25) is 14.1 Å². The van der Waals surface area contributed by atoms with Crippen LogP contribution in [0.2, 0.25) is 0 Å². The number of fused-ring (bicyclic) bond motifs is 1. The second-order valence-corrected chi connectivity index (χ2v) is 15.4. The minimum atomic E-state index is -4.38. The zero-order chi connectivity index (χ0) is 34.9. The van der Waals surface area contributed by atoms with E-state index in [1.165, 1.54) is 30.3 Å². The SMILES string of the molecule is O=C(O)c1ccc(OCCOC(=O)C2C(C(=O)OCCOc3ccc(S(=O)(=O)O)c(I)c3)C3c4ccccc4C2C2C=CC=CC23)c(I)c1. The first-order valence-corrected chi connectivity index (χ1v) is 18.9. The molecular weight excluding hydrogens is 882 g/mol. The van der Waals surface area contributed by atoms with E-state index in [1.807, 2.05) is 59.0 Å². The summed E-state index contributed by atoms with van der Waals surface area (Å²) < 4.78 is 56.2. The Morgan fingerprint density at radius 1 is 0.714 bits per heavy atom. The molecule has 11 nitrogen and oxygen atoms in total. The molecule has 0 spiro atoms. The van der Waals surface area contributed by atoms with Crippen LogP contribution in [0.15, 0.2) is 89.9 Å². The molecule has 2 bridgehead atoms. The fourth-order valence-electron chi connectivity index (χ4n) is 7.11. The molecule has 4 aliphatic carbocycles. The third-order valence-electron chi connectivity index (χ3n) is 9.01. The van der Waals surface area contributed by atoms with E-state index in [2.05, 4.69) is 12.2 Å². The monoisotopic (exact) mass is 912 g/mol. The predicted octanol–water partition coefficient (Wildman–Crippen LogP) is 5.87. The van der Waals surface area contributed by atoms with Crippen molar-refractivity contribution in [2.24, 2.45) is 23.7 Å². The van der Waals surface area contributed by atoms with Gasteiger partial charge in [-0.1, -0.05) is 48.6 Å². The molecule has 6 atom stereocenters. The number of hydrogen-bond donors (Lipinski definition) is 2.